The first-order valence-electron chi connectivity index (χ1n) is 10.7. The van der Waals surface area contributed by atoms with E-state index >= 15 is 0 Å². The summed E-state index contributed by atoms with van der Waals surface area (Å²) in [7, 11) is 1.57. The molecule has 0 radical (unpaired) electrons. The molecular formula is C25H27Cl2NO5. The molecule has 3 rings (SSSR count). The van der Waals surface area contributed by atoms with E-state index < -0.39 is 17.7 Å². The number of aliphatic hydroxyl groups is 1. The molecule has 1 aliphatic heterocycles. The van der Waals surface area contributed by atoms with E-state index in [0.29, 0.717) is 52.5 Å². The summed E-state index contributed by atoms with van der Waals surface area (Å²) in [4.78, 5) is 27.4. The third kappa shape index (κ3) is 5.69. The molecule has 0 aliphatic carbocycles. The number of Topliss-reactive ketones (excluding diaryl/α,β-unsaturated/α-hetero) is 1. The van der Waals surface area contributed by atoms with E-state index in [-0.39, 0.29) is 17.9 Å². The van der Waals surface area contributed by atoms with Gasteiger partial charge in [-0.1, -0.05) is 43.1 Å². The minimum atomic E-state index is -0.844. The van der Waals surface area contributed by atoms with E-state index in [9.17, 15) is 14.7 Å². The maximum absolute atomic E-state index is 13.0. The maximum atomic E-state index is 13.0. The van der Waals surface area contributed by atoms with Crippen molar-refractivity contribution in [2.45, 2.75) is 26.3 Å². The van der Waals surface area contributed by atoms with Crippen molar-refractivity contribution >= 4 is 40.7 Å². The Morgan fingerprint density at radius 1 is 1.12 bits per heavy atom. The lowest BCUT2D eigenvalue weighted by Crippen LogP contribution is -2.31. The van der Waals surface area contributed by atoms with Crippen LogP contribution in [-0.4, -0.2) is 48.6 Å². The van der Waals surface area contributed by atoms with E-state index in [1.807, 2.05) is 13.8 Å². The molecular weight excluding hydrogens is 465 g/mol. The molecule has 1 N–H and O–H groups in total. The van der Waals surface area contributed by atoms with Gasteiger partial charge in [0, 0.05) is 35.9 Å². The molecule has 1 atom stereocenters. The third-order valence-electron chi connectivity index (χ3n) is 5.26. The lowest BCUT2D eigenvalue weighted by Gasteiger charge is -2.26. The molecule has 176 valence electrons. The Morgan fingerprint density at radius 3 is 2.42 bits per heavy atom. The zero-order valence-electron chi connectivity index (χ0n) is 18.8. The van der Waals surface area contributed by atoms with Gasteiger partial charge in [0.2, 0.25) is 0 Å². The highest BCUT2D eigenvalue weighted by Crippen LogP contribution is 2.42. The molecule has 1 saturated heterocycles. The summed E-state index contributed by atoms with van der Waals surface area (Å²) >= 11 is 12.5. The van der Waals surface area contributed by atoms with Gasteiger partial charge in [0.15, 0.2) is 0 Å². The Morgan fingerprint density at radius 2 is 1.82 bits per heavy atom. The molecule has 2 aromatic carbocycles. The van der Waals surface area contributed by atoms with Crippen molar-refractivity contribution in [1.82, 2.24) is 4.90 Å². The first-order chi connectivity index (χ1) is 15.7. The average Bonchev–Trinajstić information content (AvgIpc) is 3.02. The summed E-state index contributed by atoms with van der Waals surface area (Å²) in [6, 6.07) is 10.8. The van der Waals surface area contributed by atoms with Crippen molar-refractivity contribution in [2.75, 3.05) is 26.9 Å². The van der Waals surface area contributed by atoms with E-state index in [1.165, 1.54) is 4.90 Å². The predicted octanol–water partition coefficient (Wildman–Crippen LogP) is 5.49. The molecule has 1 fully saturated rings. The van der Waals surface area contributed by atoms with Crippen LogP contribution in [0.15, 0.2) is 48.0 Å². The molecule has 8 heteroatoms. The van der Waals surface area contributed by atoms with Crippen molar-refractivity contribution in [1.29, 1.82) is 0 Å². The molecule has 0 aromatic heterocycles. The molecule has 33 heavy (non-hydrogen) atoms. The second-order valence-electron chi connectivity index (χ2n) is 8.23. The van der Waals surface area contributed by atoms with Crippen LogP contribution < -0.4 is 4.74 Å². The monoisotopic (exact) mass is 491 g/mol. The fraction of sp³-hybridized carbons (Fsp3) is 0.360. The number of benzene rings is 2. The number of methoxy groups -OCH3 is 1. The normalized spacial score (nSPS) is 17.8. The number of hydrogen-bond acceptors (Lipinski definition) is 5. The zero-order chi connectivity index (χ0) is 24.1. The average molecular weight is 492 g/mol. The van der Waals surface area contributed by atoms with E-state index in [1.54, 1.807) is 49.6 Å². The van der Waals surface area contributed by atoms with Gasteiger partial charge in [-0.15, -0.1) is 0 Å². The molecule has 1 unspecified atom stereocenters. The van der Waals surface area contributed by atoms with Gasteiger partial charge < -0.3 is 19.5 Å². The highest BCUT2D eigenvalue weighted by molar-refractivity contribution is 6.47. The van der Waals surface area contributed by atoms with Crippen LogP contribution in [0.5, 0.6) is 5.75 Å². The SMILES string of the molecule is COCCCN1C(=O)C(=O)/C(=C(/O)c2ccc(OCC(C)C)cc2)C1c1ccc(Cl)cc1Cl. The number of halogens is 2. The maximum Gasteiger partial charge on any atom is 0.295 e. The van der Waals surface area contributed by atoms with Crippen molar-refractivity contribution < 1.29 is 24.2 Å². The van der Waals surface area contributed by atoms with Gasteiger partial charge in [-0.25, -0.2) is 0 Å². The number of likely N-dealkylation sites (tertiary alicyclic amines) is 1. The molecule has 1 heterocycles. The summed E-state index contributed by atoms with van der Waals surface area (Å²) in [5, 5.41) is 11.9. The number of hydrogen-bond donors (Lipinski definition) is 1. The fourth-order valence-corrected chi connectivity index (χ4v) is 4.18. The van der Waals surface area contributed by atoms with Gasteiger partial charge in [0.25, 0.3) is 11.7 Å². The highest BCUT2D eigenvalue weighted by Gasteiger charge is 2.46. The lowest BCUT2D eigenvalue weighted by atomic mass is 9.95. The quantitative estimate of drug-likeness (QED) is 0.217. The van der Waals surface area contributed by atoms with Crippen LogP contribution in [0.4, 0.5) is 0 Å². The molecule has 0 bridgehead atoms. The van der Waals surface area contributed by atoms with Gasteiger partial charge in [0.05, 0.1) is 18.2 Å². The van der Waals surface area contributed by atoms with E-state index in [0.717, 1.165) is 0 Å². The number of ketones is 1. The van der Waals surface area contributed by atoms with E-state index in [4.69, 9.17) is 32.7 Å². The van der Waals surface area contributed by atoms with Gasteiger partial charge in [0.1, 0.15) is 11.5 Å². The Balaban J connectivity index is 2.05. The van der Waals surface area contributed by atoms with Crippen LogP contribution in [0.3, 0.4) is 0 Å². The minimum Gasteiger partial charge on any atom is -0.507 e. The van der Waals surface area contributed by atoms with Gasteiger partial charge in [-0.05, 0) is 54.3 Å². The predicted molar refractivity (Wildman–Crippen MR) is 129 cm³/mol. The number of rotatable bonds is 9. The number of carbonyl (C=O) groups excluding carboxylic acids is 2. The van der Waals surface area contributed by atoms with Crippen LogP contribution in [0, 0.1) is 5.92 Å². The second-order valence-corrected chi connectivity index (χ2v) is 9.08. The first kappa shape index (κ1) is 25.1. The minimum absolute atomic E-state index is 0.0162. The Bertz CT molecular complexity index is 1050. The van der Waals surface area contributed by atoms with Gasteiger partial charge in [-0.2, -0.15) is 0 Å². The number of aliphatic hydroxyl groups excluding tert-OH is 1. The van der Waals surface area contributed by atoms with E-state index in [2.05, 4.69) is 0 Å². The largest absolute Gasteiger partial charge is 0.507 e. The fourth-order valence-electron chi connectivity index (χ4n) is 3.66. The Kier molecular flexibility index (Phi) is 8.40. The van der Waals surface area contributed by atoms with Crippen LogP contribution in [0.25, 0.3) is 5.76 Å². The standard InChI is InChI=1S/C25H27Cl2NO5/c1-15(2)14-33-18-8-5-16(6-9-18)23(29)21-22(19-10-7-17(26)13-20(19)27)28(11-4-12-32-3)25(31)24(21)30/h5-10,13,15,22,29H,4,11-12,14H2,1-3H3/b23-21+. The lowest BCUT2D eigenvalue weighted by molar-refractivity contribution is -0.140. The number of amides is 1. The van der Waals surface area contributed by atoms with Crippen LogP contribution >= 0.6 is 23.2 Å². The first-order valence-corrected chi connectivity index (χ1v) is 11.5. The third-order valence-corrected chi connectivity index (χ3v) is 5.82. The molecule has 6 nitrogen and oxygen atoms in total. The van der Waals surface area contributed by atoms with Gasteiger partial charge in [-0.3, -0.25) is 9.59 Å². The summed E-state index contributed by atoms with van der Waals surface area (Å²) in [5.41, 5.74) is 0.894. The van der Waals surface area contributed by atoms with Crippen molar-refractivity contribution in [3.63, 3.8) is 0 Å². The second kappa shape index (κ2) is 11.1. The molecule has 1 amide bonds. The number of carbonyl (C=O) groups is 2. The number of ether oxygens (including phenoxy) is 2. The molecule has 2 aromatic rings. The Labute approximate surface area is 203 Å². The summed E-state index contributed by atoms with van der Waals surface area (Å²) in [5.74, 6) is -0.704. The van der Waals surface area contributed by atoms with Crippen molar-refractivity contribution in [3.05, 3.63) is 69.2 Å². The Hall–Kier alpha value is -2.54. The van der Waals surface area contributed by atoms with Crippen LogP contribution in [0.1, 0.15) is 37.4 Å². The number of nitrogens with zero attached hydrogens (tertiary/aromatic N) is 1. The summed E-state index contributed by atoms with van der Waals surface area (Å²) < 4.78 is 10.8. The van der Waals surface area contributed by atoms with Crippen molar-refractivity contribution in [2.24, 2.45) is 5.92 Å². The van der Waals surface area contributed by atoms with Crippen LogP contribution in [0.2, 0.25) is 10.0 Å². The zero-order valence-corrected chi connectivity index (χ0v) is 20.3. The smallest absolute Gasteiger partial charge is 0.295 e. The van der Waals surface area contributed by atoms with Crippen molar-refractivity contribution in [3.8, 4) is 5.75 Å². The summed E-state index contributed by atoms with van der Waals surface area (Å²) in [6.45, 7) is 5.34. The molecule has 0 saturated carbocycles. The topological polar surface area (TPSA) is 76.1 Å². The van der Waals surface area contributed by atoms with Crippen LogP contribution in [-0.2, 0) is 14.3 Å². The highest BCUT2D eigenvalue weighted by atomic mass is 35.5. The summed E-state index contributed by atoms with van der Waals surface area (Å²) in [6.07, 6.45) is 0.521. The molecule has 0 spiro atoms. The molecule has 1 aliphatic rings. The van der Waals surface area contributed by atoms with Gasteiger partial charge >= 0.3 is 0 Å².